The second kappa shape index (κ2) is 6.90. The van der Waals surface area contributed by atoms with Crippen LogP contribution in [0.25, 0.3) is 5.69 Å². The fourth-order valence-corrected chi connectivity index (χ4v) is 5.19. The summed E-state index contributed by atoms with van der Waals surface area (Å²) >= 11 is 0. The molecule has 0 spiro atoms. The van der Waals surface area contributed by atoms with Gasteiger partial charge >= 0.3 is 0 Å². The van der Waals surface area contributed by atoms with Gasteiger partial charge in [0, 0.05) is 6.07 Å². The van der Waals surface area contributed by atoms with Crippen molar-refractivity contribution in [3.05, 3.63) is 59.5 Å². The molecule has 0 radical (unpaired) electrons. The van der Waals surface area contributed by atoms with Crippen LogP contribution in [0.15, 0.2) is 42.6 Å². The number of amides is 1. The normalized spacial score (nSPS) is 18.3. The fraction of sp³-hybridized carbons (Fsp3) is 0.316. The summed E-state index contributed by atoms with van der Waals surface area (Å²) in [6.45, 7) is 3.65. The van der Waals surface area contributed by atoms with Gasteiger partial charge < -0.3 is 5.32 Å². The zero-order chi connectivity index (χ0) is 19.9. The molecule has 1 fully saturated rings. The van der Waals surface area contributed by atoms with Gasteiger partial charge in [0.2, 0.25) is 0 Å². The lowest BCUT2D eigenvalue weighted by molar-refractivity contribution is 0.102. The number of nitrogens with one attached hydrogen (secondary N) is 1. The first-order chi connectivity index (χ1) is 13.3. The van der Waals surface area contributed by atoms with Gasteiger partial charge in [0.05, 0.1) is 46.4 Å². The summed E-state index contributed by atoms with van der Waals surface area (Å²) < 4.78 is 27.0. The first kappa shape index (κ1) is 18.4. The van der Waals surface area contributed by atoms with Crippen LogP contribution in [0.4, 0.5) is 5.82 Å². The predicted molar refractivity (Wildman–Crippen MR) is 106 cm³/mol. The summed E-state index contributed by atoms with van der Waals surface area (Å²) in [5.74, 6) is 0.382. The highest BCUT2D eigenvalue weighted by Crippen LogP contribution is 2.27. The molecule has 1 unspecified atom stereocenters. The van der Waals surface area contributed by atoms with Gasteiger partial charge in [-0.15, -0.1) is 0 Å². The lowest BCUT2D eigenvalue weighted by atomic mass is 10.2. The third-order valence-electron chi connectivity index (χ3n) is 4.91. The number of anilines is 1. The van der Waals surface area contributed by atoms with Gasteiger partial charge in [-0.2, -0.15) is 10.2 Å². The summed E-state index contributed by atoms with van der Waals surface area (Å²) in [6.07, 6.45) is 2.03. The van der Waals surface area contributed by atoms with Crippen molar-refractivity contribution in [3.63, 3.8) is 0 Å². The van der Waals surface area contributed by atoms with Crippen molar-refractivity contribution >= 4 is 21.6 Å². The predicted octanol–water partition coefficient (Wildman–Crippen LogP) is 2.30. The summed E-state index contributed by atoms with van der Waals surface area (Å²) in [4.78, 5) is 12.9. The standard InChI is InChI=1S/C19H21N5O3S/c1-13-10-18(24(22-13)16-8-9-28(26,27)12-16)21-19(25)17-11-20-23(14(17)2)15-6-4-3-5-7-15/h3-7,10-11,16H,8-9,12H2,1-2H3,(H,21,25). The van der Waals surface area contributed by atoms with Gasteiger partial charge in [-0.25, -0.2) is 17.8 Å². The maximum Gasteiger partial charge on any atom is 0.260 e. The summed E-state index contributed by atoms with van der Waals surface area (Å²) in [5, 5.41) is 11.6. The van der Waals surface area contributed by atoms with E-state index in [0.717, 1.165) is 17.1 Å². The Morgan fingerprint density at radius 2 is 1.96 bits per heavy atom. The van der Waals surface area contributed by atoms with E-state index in [9.17, 15) is 13.2 Å². The smallest absolute Gasteiger partial charge is 0.260 e. The Bertz CT molecular complexity index is 1130. The number of carbonyl (C=O) groups excluding carboxylic acids is 1. The van der Waals surface area contributed by atoms with Crippen LogP contribution in [-0.2, 0) is 9.84 Å². The van der Waals surface area contributed by atoms with E-state index in [4.69, 9.17) is 0 Å². The molecule has 3 heterocycles. The fourth-order valence-electron chi connectivity index (χ4n) is 3.50. The number of hydrogen-bond acceptors (Lipinski definition) is 5. The largest absolute Gasteiger partial charge is 0.307 e. The minimum atomic E-state index is -3.05. The molecule has 1 aliphatic rings. The summed E-state index contributed by atoms with van der Waals surface area (Å²) in [5.41, 5.74) is 2.76. The zero-order valence-electron chi connectivity index (χ0n) is 15.7. The van der Waals surface area contributed by atoms with Gasteiger partial charge in [0.1, 0.15) is 5.82 Å². The summed E-state index contributed by atoms with van der Waals surface area (Å²) in [6, 6.07) is 11.1. The maximum absolute atomic E-state index is 12.9. The highest BCUT2D eigenvalue weighted by molar-refractivity contribution is 7.91. The molecule has 0 saturated carbocycles. The molecule has 3 aromatic rings. The van der Waals surface area contributed by atoms with Gasteiger partial charge in [0.25, 0.3) is 5.91 Å². The molecule has 8 nitrogen and oxygen atoms in total. The monoisotopic (exact) mass is 399 g/mol. The molecule has 0 aliphatic carbocycles. The first-order valence-corrected chi connectivity index (χ1v) is 10.8. The topological polar surface area (TPSA) is 98.9 Å². The lowest BCUT2D eigenvalue weighted by Gasteiger charge is -2.13. The van der Waals surface area contributed by atoms with Gasteiger partial charge in [0.15, 0.2) is 9.84 Å². The van der Waals surface area contributed by atoms with Crippen molar-refractivity contribution < 1.29 is 13.2 Å². The molecular weight excluding hydrogens is 378 g/mol. The van der Waals surface area contributed by atoms with Crippen molar-refractivity contribution in [2.24, 2.45) is 0 Å². The van der Waals surface area contributed by atoms with Crippen LogP contribution in [0.2, 0.25) is 0 Å². The molecule has 1 aromatic carbocycles. The Balaban J connectivity index is 1.60. The molecule has 28 heavy (non-hydrogen) atoms. The van der Waals surface area contributed by atoms with Gasteiger partial charge in [-0.05, 0) is 32.4 Å². The van der Waals surface area contributed by atoms with Crippen molar-refractivity contribution in [1.29, 1.82) is 0 Å². The van der Waals surface area contributed by atoms with Gasteiger partial charge in [-0.3, -0.25) is 4.79 Å². The Kier molecular flexibility index (Phi) is 4.54. The number of hydrogen-bond donors (Lipinski definition) is 1. The number of sulfone groups is 1. The number of nitrogens with zero attached hydrogens (tertiary/aromatic N) is 4. The van der Waals surface area contributed by atoms with E-state index in [0.29, 0.717) is 17.8 Å². The van der Waals surface area contributed by atoms with Crippen molar-refractivity contribution in [3.8, 4) is 5.69 Å². The molecule has 0 bridgehead atoms. The molecule has 1 amide bonds. The SMILES string of the molecule is Cc1cc(NC(=O)c2cnn(-c3ccccc3)c2C)n(C2CCS(=O)(=O)C2)n1. The van der Waals surface area contributed by atoms with Crippen molar-refractivity contribution in [2.75, 3.05) is 16.8 Å². The van der Waals surface area contributed by atoms with Crippen LogP contribution in [-0.4, -0.2) is 45.4 Å². The van der Waals surface area contributed by atoms with E-state index < -0.39 is 9.84 Å². The van der Waals surface area contributed by atoms with E-state index in [1.165, 1.54) is 6.20 Å². The van der Waals surface area contributed by atoms with Crippen molar-refractivity contribution in [1.82, 2.24) is 19.6 Å². The second-order valence-corrected chi connectivity index (χ2v) is 9.25. The number of aromatic nitrogens is 4. The van der Waals surface area contributed by atoms with E-state index in [-0.39, 0.29) is 23.5 Å². The van der Waals surface area contributed by atoms with Crippen LogP contribution in [0, 0.1) is 13.8 Å². The first-order valence-electron chi connectivity index (χ1n) is 9.02. The zero-order valence-corrected chi connectivity index (χ0v) is 16.5. The van der Waals surface area contributed by atoms with Gasteiger partial charge in [-0.1, -0.05) is 18.2 Å². The van der Waals surface area contributed by atoms with Crippen LogP contribution >= 0.6 is 0 Å². The van der Waals surface area contributed by atoms with Crippen LogP contribution in [0.5, 0.6) is 0 Å². The van der Waals surface area contributed by atoms with Crippen LogP contribution < -0.4 is 5.32 Å². The Hall–Kier alpha value is -2.94. The molecule has 146 valence electrons. The molecule has 4 rings (SSSR count). The van der Waals surface area contributed by atoms with Crippen molar-refractivity contribution in [2.45, 2.75) is 26.3 Å². The number of aryl methyl sites for hydroxylation is 1. The quantitative estimate of drug-likeness (QED) is 0.726. The van der Waals surface area contributed by atoms with Crippen LogP contribution in [0.1, 0.15) is 34.2 Å². The lowest BCUT2D eigenvalue weighted by Crippen LogP contribution is -2.20. The molecule has 1 saturated heterocycles. The van der Waals surface area contributed by atoms with E-state index in [1.807, 2.05) is 44.2 Å². The van der Waals surface area contributed by atoms with E-state index in [2.05, 4.69) is 15.5 Å². The molecular formula is C19H21N5O3S. The number of carbonyl (C=O) groups is 1. The molecule has 1 aliphatic heterocycles. The number of para-hydroxylation sites is 1. The highest BCUT2D eigenvalue weighted by atomic mass is 32.2. The average Bonchev–Trinajstić information content (AvgIpc) is 3.32. The average molecular weight is 399 g/mol. The Labute approximate surface area is 163 Å². The maximum atomic E-state index is 12.9. The minimum absolute atomic E-state index is 0.0436. The summed E-state index contributed by atoms with van der Waals surface area (Å²) in [7, 11) is -3.05. The van der Waals surface area contributed by atoms with E-state index in [1.54, 1.807) is 15.4 Å². The minimum Gasteiger partial charge on any atom is -0.307 e. The molecule has 1 N–H and O–H groups in total. The molecule has 2 aromatic heterocycles. The highest BCUT2D eigenvalue weighted by Gasteiger charge is 2.31. The number of benzene rings is 1. The molecule has 1 atom stereocenters. The second-order valence-electron chi connectivity index (χ2n) is 7.02. The van der Waals surface area contributed by atoms with E-state index >= 15 is 0 Å². The third kappa shape index (κ3) is 3.45. The number of rotatable bonds is 4. The molecule has 9 heteroatoms. The Morgan fingerprint density at radius 1 is 1.21 bits per heavy atom. The third-order valence-corrected chi connectivity index (χ3v) is 6.66. The Morgan fingerprint density at radius 3 is 2.64 bits per heavy atom. The van der Waals surface area contributed by atoms with Crippen LogP contribution in [0.3, 0.4) is 0 Å².